The third-order valence-corrected chi connectivity index (χ3v) is 3.23. The number of methoxy groups -OCH3 is 1. The Kier molecular flexibility index (Phi) is 6.54. The van der Waals surface area contributed by atoms with E-state index in [0.29, 0.717) is 17.0 Å². The smallest absolute Gasteiger partial charge is 0.242 e. The van der Waals surface area contributed by atoms with Crippen LogP contribution in [0, 0.1) is 11.3 Å². The van der Waals surface area contributed by atoms with Crippen molar-refractivity contribution < 1.29 is 9.53 Å². The highest BCUT2D eigenvalue weighted by atomic mass is 16.5. The molecule has 0 saturated heterocycles. The molecule has 5 nitrogen and oxygen atoms in total. The quantitative estimate of drug-likeness (QED) is 0.809. The van der Waals surface area contributed by atoms with Crippen molar-refractivity contribution in [2.75, 3.05) is 12.4 Å². The first-order valence-corrected chi connectivity index (χ1v) is 7.17. The predicted octanol–water partition coefficient (Wildman–Crippen LogP) is 2.67. The van der Waals surface area contributed by atoms with E-state index in [0.717, 1.165) is 12.8 Å². The number of carbonyl (C=O) groups excluding carboxylic acids is 1. The topological polar surface area (TPSA) is 74.2 Å². The molecule has 0 spiro atoms. The number of hydrogen-bond donors (Lipinski definition) is 2. The lowest BCUT2D eigenvalue weighted by molar-refractivity contribution is -0.122. The van der Waals surface area contributed by atoms with Gasteiger partial charge in [0, 0.05) is 6.04 Å². The van der Waals surface area contributed by atoms with E-state index in [-0.39, 0.29) is 11.9 Å². The fraction of sp³-hybridized carbons (Fsp3) is 0.500. The zero-order valence-corrected chi connectivity index (χ0v) is 13.1. The summed E-state index contributed by atoms with van der Waals surface area (Å²) in [6, 6.07) is 6.98. The first-order valence-electron chi connectivity index (χ1n) is 7.17. The summed E-state index contributed by atoms with van der Waals surface area (Å²) in [5.74, 6) is 0.459. The van der Waals surface area contributed by atoms with Gasteiger partial charge in [-0.05, 0) is 32.4 Å². The number of nitriles is 1. The van der Waals surface area contributed by atoms with Gasteiger partial charge >= 0.3 is 0 Å². The molecule has 0 aromatic heterocycles. The number of amides is 1. The van der Waals surface area contributed by atoms with Gasteiger partial charge in [-0.3, -0.25) is 4.79 Å². The summed E-state index contributed by atoms with van der Waals surface area (Å²) in [5.41, 5.74) is 1.00. The summed E-state index contributed by atoms with van der Waals surface area (Å²) in [6.07, 6.45) is 1.96. The molecule has 0 radical (unpaired) electrons. The Hall–Kier alpha value is -2.22. The Labute approximate surface area is 126 Å². The van der Waals surface area contributed by atoms with E-state index in [1.807, 2.05) is 6.92 Å². The Morgan fingerprint density at radius 2 is 2.14 bits per heavy atom. The van der Waals surface area contributed by atoms with Crippen LogP contribution < -0.4 is 15.4 Å². The molecule has 0 fully saturated rings. The van der Waals surface area contributed by atoms with E-state index in [2.05, 4.69) is 23.6 Å². The number of nitrogens with zero attached hydrogens (tertiary/aromatic N) is 1. The van der Waals surface area contributed by atoms with Crippen LogP contribution in [0.2, 0.25) is 0 Å². The van der Waals surface area contributed by atoms with E-state index in [9.17, 15) is 4.79 Å². The van der Waals surface area contributed by atoms with E-state index in [4.69, 9.17) is 10.00 Å². The number of benzene rings is 1. The molecular weight excluding hydrogens is 266 g/mol. The van der Waals surface area contributed by atoms with Gasteiger partial charge in [0.2, 0.25) is 5.91 Å². The third-order valence-electron chi connectivity index (χ3n) is 3.23. The zero-order chi connectivity index (χ0) is 15.8. The minimum Gasteiger partial charge on any atom is -0.495 e. The van der Waals surface area contributed by atoms with Crippen molar-refractivity contribution in [1.29, 1.82) is 5.26 Å². The summed E-state index contributed by atoms with van der Waals surface area (Å²) in [5, 5.41) is 15.2. The van der Waals surface area contributed by atoms with Crippen LogP contribution in [-0.4, -0.2) is 25.1 Å². The first kappa shape index (κ1) is 16.8. The number of carbonyl (C=O) groups is 1. The van der Waals surface area contributed by atoms with Gasteiger partial charge in [0.25, 0.3) is 0 Å². The summed E-state index contributed by atoms with van der Waals surface area (Å²) >= 11 is 0. The van der Waals surface area contributed by atoms with Crippen LogP contribution in [0.4, 0.5) is 5.69 Å². The van der Waals surface area contributed by atoms with E-state index in [1.165, 1.54) is 7.11 Å². The lowest BCUT2D eigenvalue weighted by atomic mass is 10.1. The highest BCUT2D eigenvalue weighted by Gasteiger charge is 2.18. The highest BCUT2D eigenvalue weighted by molar-refractivity contribution is 5.85. The number of para-hydroxylation sites is 1. The van der Waals surface area contributed by atoms with Crippen molar-refractivity contribution in [2.45, 2.75) is 45.7 Å². The van der Waals surface area contributed by atoms with Gasteiger partial charge in [-0.25, -0.2) is 0 Å². The van der Waals surface area contributed by atoms with Crippen molar-refractivity contribution in [3.63, 3.8) is 0 Å². The Balaban J connectivity index is 2.81. The molecule has 0 aliphatic carbocycles. The Morgan fingerprint density at radius 3 is 2.71 bits per heavy atom. The third kappa shape index (κ3) is 4.67. The number of ether oxygens (including phenoxy) is 1. The second-order valence-electron chi connectivity index (χ2n) is 5.06. The average molecular weight is 289 g/mol. The van der Waals surface area contributed by atoms with E-state index >= 15 is 0 Å². The van der Waals surface area contributed by atoms with Gasteiger partial charge in [0.05, 0.1) is 18.4 Å². The molecule has 0 saturated carbocycles. The maximum Gasteiger partial charge on any atom is 0.242 e. The normalized spacial score (nSPS) is 12.9. The van der Waals surface area contributed by atoms with Gasteiger partial charge in [-0.15, -0.1) is 0 Å². The van der Waals surface area contributed by atoms with Crippen molar-refractivity contribution in [3.05, 3.63) is 23.8 Å². The van der Waals surface area contributed by atoms with Crippen LogP contribution in [0.3, 0.4) is 0 Å². The van der Waals surface area contributed by atoms with Crippen LogP contribution in [0.5, 0.6) is 5.75 Å². The maximum atomic E-state index is 12.1. The lowest BCUT2D eigenvalue weighted by Gasteiger charge is -2.20. The Bertz CT molecular complexity index is 523. The molecule has 21 heavy (non-hydrogen) atoms. The molecular formula is C16H23N3O2. The van der Waals surface area contributed by atoms with Crippen LogP contribution >= 0.6 is 0 Å². The predicted molar refractivity (Wildman–Crippen MR) is 83.3 cm³/mol. The minimum absolute atomic E-state index is 0.0919. The van der Waals surface area contributed by atoms with E-state index in [1.54, 1.807) is 25.1 Å². The molecule has 114 valence electrons. The molecule has 1 aromatic carbocycles. The monoisotopic (exact) mass is 289 g/mol. The van der Waals surface area contributed by atoms with Gasteiger partial charge in [0.1, 0.15) is 17.9 Å². The van der Waals surface area contributed by atoms with Gasteiger partial charge < -0.3 is 15.4 Å². The molecule has 0 bridgehead atoms. The second kappa shape index (κ2) is 8.15. The summed E-state index contributed by atoms with van der Waals surface area (Å²) < 4.78 is 5.24. The number of anilines is 1. The van der Waals surface area contributed by atoms with Crippen LogP contribution in [0.1, 0.15) is 39.2 Å². The standard InChI is InChI=1S/C16H23N3O2/c1-5-7-11(2)18-16(20)12(3)19-15-13(10-17)8-6-9-14(15)21-4/h6,8-9,11-12,19H,5,7H2,1-4H3,(H,18,20). The molecule has 2 N–H and O–H groups in total. The molecule has 0 aliphatic heterocycles. The van der Waals surface area contributed by atoms with Gasteiger partial charge in [-0.2, -0.15) is 5.26 Å². The van der Waals surface area contributed by atoms with Crippen LogP contribution in [0.25, 0.3) is 0 Å². The van der Waals surface area contributed by atoms with Crippen molar-refractivity contribution in [2.24, 2.45) is 0 Å². The SMILES string of the molecule is CCCC(C)NC(=O)C(C)Nc1c(C#N)cccc1OC. The number of rotatable bonds is 7. The first-order chi connectivity index (χ1) is 10.0. The zero-order valence-electron chi connectivity index (χ0n) is 13.1. The number of nitrogens with one attached hydrogen (secondary N) is 2. The molecule has 2 unspecified atom stereocenters. The minimum atomic E-state index is -0.451. The molecule has 0 aliphatic rings. The fourth-order valence-corrected chi connectivity index (χ4v) is 2.10. The highest BCUT2D eigenvalue weighted by Crippen LogP contribution is 2.28. The fourth-order valence-electron chi connectivity index (χ4n) is 2.10. The van der Waals surface area contributed by atoms with Gasteiger partial charge in [-0.1, -0.05) is 19.4 Å². The molecule has 5 heteroatoms. The van der Waals surface area contributed by atoms with E-state index < -0.39 is 6.04 Å². The Morgan fingerprint density at radius 1 is 1.43 bits per heavy atom. The molecule has 1 amide bonds. The lowest BCUT2D eigenvalue weighted by Crippen LogP contribution is -2.42. The molecule has 2 atom stereocenters. The molecule has 1 aromatic rings. The summed E-state index contributed by atoms with van der Waals surface area (Å²) in [4.78, 5) is 12.1. The number of hydrogen-bond acceptors (Lipinski definition) is 4. The van der Waals surface area contributed by atoms with Crippen molar-refractivity contribution >= 4 is 11.6 Å². The average Bonchev–Trinajstić information content (AvgIpc) is 2.47. The van der Waals surface area contributed by atoms with Crippen LogP contribution in [0.15, 0.2) is 18.2 Å². The van der Waals surface area contributed by atoms with Crippen LogP contribution in [-0.2, 0) is 4.79 Å². The molecule has 1 rings (SSSR count). The second-order valence-corrected chi connectivity index (χ2v) is 5.06. The van der Waals surface area contributed by atoms with Gasteiger partial charge in [0.15, 0.2) is 0 Å². The maximum absolute atomic E-state index is 12.1. The van der Waals surface area contributed by atoms with Crippen molar-refractivity contribution in [1.82, 2.24) is 5.32 Å². The van der Waals surface area contributed by atoms with Crippen molar-refractivity contribution in [3.8, 4) is 11.8 Å². The summed E-state index contributed by atoms with van der Waals surface area (Å²) in [6.45, 7) is 5.83. The molecule has 0 heterocycles. The largest absolute Gasteiger partial charge is 0.495 e. The summed E-state index contributed by atoms with van der Waals surface area (Å²) in [7, 11) is 1.54.